The van der Waals surface area contributed by atoms with Crippen molar-refractivity contribution in [2.24, 2.45) is 5.92 Å². The Balaban J connectivity index is 2.61. The van der Waals surface area contributed by atoms with E-state index >= 15 is 0 Å². The molecule has 0 radical (unpaired) electrons. The molecule has 6 heteroatoms. The number of carbonyl (C=O) groups is 1. The van der Waals surface area contributed by atoms with Crippen molar-refractivity contribution >= 4 is 22.7 Å². The molecular weight excluding hydrogens is 258 g/mol. The summed E-state index contributed by atoms with van der Waals surface area (Å²) in [6.45, 7) is 3.99. The summed E-state index contributed by atoms with van der Waals surface area (Å²) in [6, 6.07) is 4.48. The molecule has 1 atom stereocenters. The number of esters is 1. The van der Waals surface area contributed by atoms with Crippen LogP contribution in [0.15, 0.2) is 23.0 Å². The van der Waals surface area contributed by atoms with E-state index in [4.69, 9.17) is 10.5 Å². The number of carbonyl (C=O) groups excluding carboxylic acids is 1. The summed E-state index contributed by atoms with van der Waals surface area (Å²) in [4.78, 5) is 26.9. The van der Waals surface area contributed by atoms with Gasteiger partial charge in [0.2, 0.25) is 0 Å². The van der Waals surface area contributed by atoms with Crippen molar-refractivity contribution in [2.75, 3.05) is 12.8 Å². The van der Waals surface area contributed by atoms with Gasteiger partial charge in [-0.25, -0.2) is 9.59 Å². The summed E-state index contributed by atoms with van der Waals surface area (Å²) in [6.07, 6.45) is 0.532. The minimum absolute atomic E-state index is 0.254. The molecule has 2 rings (SSSR count). The predicted octanol–water partition coefficient (Wildman–Crippen LogP) is 1.67. The molecule has 108 valence electrons. The Morgan fingerprint density at radius 1 is 1.45 bits per heavy atom. The van der Waals surface area contributed by atoms with Crippen molar-refractivity contribution in [1.82, 2.24) is 9.55 Å². The Hall–Kier alpha value is -2.24. The number of nitrogens with zero attached hydrogens (tertiary/aromatic N) is 1. The lowest BCUT2D eigenvalue weighted by Crippen LogP contribution is -2.30. The lowest BCUT2D eigenvalue weighted by molar-refractivity contribution is -0.145. The summed E-state index contributed by atoms with van der Waals surface area (Å²) < 4.78 is 6.27. The number of hydrogen-bond donors (Lipinski definition) is 2. The quantitative estimate of drug-likeness (QED) is 0.657. The van der Waals surface area contributed by atoms with E-state index in [1.807, 2.05) is 13.8 Å². The first-order valence-corrected chi connectivity index (χ1v) is 6.51. The summed E-state index contributed by atoms with van der Waals surface area (Å²) in [7, 11) is 1.33. The van der Waals surface area contributed by atoms with Crippen LogP contribution in [0.1, 0.15) is 26.3 Å². The highest BCUT2D eigenvalue weighted by molar-refractivity contribution is 5.82. The Labute approximate surface area is 116 Å². The largest absolute Gasteiger partial charge is 0.467 e. The van der Waals surface area contributed by atoms with Gasteiger partial charge in [0.25, 0.3) is 0 Å². The van der Waals surface area contributed by atoms with E-state index in [-0.39, 0.29) is 11.6 Å². The van der Waals surface area contributed by atoms with Crippen molar-refractivity contribution in [3.05, 3.63) is 28.7 Å². The number of aromatic amines is 1. The average molecular weight is 277 g/mol. The molecule has 2 aromatic rings. The Kier molecular flexibility index (Phi) is 3.83. The van der Waals surface area contributed by atoms with E-state index in [1.165, 1.54) is 11.7 Å². The minimum Gasteiger partial charge on any atom is -0.467 e. The monoisotopic (exact) mass is 277 g/mol. The molecule has 0 aliphatic rings. The van der Waals surface area contributed by atoms with Gasteiger partial charge in [-0.05, 0) is 30.5 Å². The van der Waals surface area contributed by atoms with Crippen LogP contribution in [-0.4, -0.2) is 22.6 Å². The van der Waals surface area contributed by atoms with Gasteiger partial charge in [0.1, 0.15) is 6.04 Å². The predicted molar refractivity (Wildman–Crippen MR) is 77.5 cm³/mol. The molecule has 0 saturated carbocycles. The van der Waals surface area contributed by atoms with Crippen LogP contribution in [0.3, 0.4) is 0 Å². The van der Waals surface area contributed by atoms with E-state index in [0.717, 1.165) is 0 Å². The number of ether oxygens (including phenoxy) is 1. The van der Waals surface area contributed by atoms with Gasteiger partial charge in [0.15, 0.2) is 0 Å². The number of fused-ring (bicyclic) bond motifs is 1. The van der Waals surface area contributed by atoms with Crippen molar-refractivity contribution < 1.29 is 9.53 Å². The van der Waals surface area contributed by atoms with E-state index in [2.05, 4.69) is 4.98 Å². The van der Waals surface area contributed by atoms with Gasteiger partial charge < -0.3 is 15.5 Å². The third kappa shape index (κ3) is 2.54. The summed E-state index contributed by atoms with van der Waals surface area (Å²) in [5.41, 5.74) is 7.20. The summed E-state index contributed by atoms with van der Waals surface area (Å²) >= 11 is 0. The second-order valence-electron chi connectivity index (χ2n) is 5.25. The standard InChI is InChI=1S/C14H19N3O3/c1-8(2)6-12(13(18)20-3)17-11-5-4-9(15)7-10(11)16-14(17)19/h4-5,7-8,12H,6,15H2,1-3H3,(H,16,19). The molecule has 0 bridgehead atoms. The van der Waals surface area contributed by atoms with E-state index in [1.54, 1.807) is 18.2 Å². The van der Waals surface area contributed by atoms with Gasteiger partial charge in [0, 0.05) is 5.69 Å². The van der Waals surface area contributed by atoms with Gasteiger partial charge in [-0.15, -0.1) is 0 Å². The molecule has 0 amide bonds. The first-order valence-electron chi connectivity index (χ1n) is 6.51. The van der Waals surface area contributed by atoms with Crippen molar-refractivity contribution in [1.29, 1.82) is 0 Å². The molecule has 1 heterocycles. The average Bonchev–Trinajstić information content (AvgIpc) is 2.69. The molecule has 1 unspecified atom stereocenters. The number of imidazole rings is 1. The molecule has 6 nitrogen and oxygen atoms in total. The number of H-pyrrole nitrogens is 1. The van der Waals surface area contributed by atoms with Crippen LogP contribution >= 0.6 is 0 Å². The zero-order valence-corrected chi connectivity index (χ0v) is 11.8. The number of benzene rings is 1. The van der Waals surface area contributed by atoms with Crippen LogP contribution in [0, 0.1) is 5.92 Å². The second kappa shape index (κ2) is 5.40. The van der Waals surface area contributed by atoms with Crippen LogP contribution in [0.2, 0.25) is 0 Å². The van der Waals surface area contributed by atoms with E-state index < -0.39 is 12.0 Å². The van der Waals surface area contributed by atoms with Crippen LogP contribution < -0.4 is 11.4 Å². The second-order valence-corrected chi connectivity index (χ2v) is 5.25. The van der Waals surface area contributed by atoms with Crippen molar-refractivity contribution in [3.63, 3.8) is 0 Å². The fourth-order valence-corrected chi connectivity index (χ4v) is 2.35. The zero-order chi connectivity index (χ0) is 14.9. The third-order valence-electron chi connectivity index (χ3n) is 3.22. The fourth-order valence-electron chi connectivity index (χ4n) is 2.35. The van der Waals surface area contributed by atoms with Gasteiger partial charge in [-0.1, -0.05) is 13.8 Å². The summed E-state index contributed by atoms with van der Waals surface area (Å²) in [5, 5.41) is 0. The number of nitrogens with two attached hydrogens (primary N) is 1. The van der Waals surface area contributed by atoms with Crippen LogP contribution in [0.5, 0.6) is 0 Å². The number of aromatic nitrogens is 2. The van der Waals surface area contributed by atoms with Gasteiger partial charge in [0.05, 0.1) is 18.1 Å². The minimum atomic E-state index is -0.634. The SMILES string of the molecule is COC(=O)C(CC(C)C)n1c(=O)[nH]c2cc(N)ccc21. The molecule has 0 fully saturated rings. The molecule has 0 spiro atoms. The summed E-state index contributed by atoms with van der Waals surface area (Å²) in [5.74, 6) is -0.164. The molecule has 0 aliphatic carbocycles. The topological polar surface area (TPSA) is 90.1 Å². The van der Waals surface area contributed by atoms with Crippen molar-refractivity contribution in [3.8, 4) is 0 Å². The Morgan fingerprint density at radius 2 is 2.15 bits per heavy atom. The first-order chi connectivity index (χ1) is 9.43. The smallest absolute Gasteiger partial charge is 0.329 e. The van der Waals surface area contributed by atoms with Gasteiger partial charge in [-0.2, -0.15) is 0 Å². The highest BCUT2D eigenvalue weighted by Gasteiger charge is 2.26. The van der Waals surface area contributed by atoms with Crippen LogP contribution in [0.4, 0.5) is 5.69 Å². The van der Waals surface area contributed by atoms with E-state index in [9.17, 15) is 9.59 Å². The molecule has 0 saturated heterocycles. The molecular formula is C14H19N3O3. The number of anilines is 1. The maximum absolute atomic E-state index is 12.2. The van der Waals surface area contributed by atoms with Gasteiger partial charge >= 0.3 is 11.7 Å². The van der Waals surface area contributed by atoms with Crippen molar-refractivity contribution in [2.45, 2.75) is 26.3 Å². The molecule has 1 aromatic heterocycles. The van der Waals surface area contributed by atoms with Crippen LogP contribution in [-0.2, 0) is 9.53 Å². The fraction of sp³-hybridized carbons (Fsp3) is 0.429. The van der Waals surface area contributed by atoms with E-state index in [0.29, 0.717) is 23.1 Å². The van der Waals surface area contributed by atoms with Gasteiger partial charge in [-0.3, -0.25) is 4.57 Å². The number of methoxy groups -OCH3 is 1. The maximum atomic E-state index is 12.2. The molecule has 20 heavy (non-hydrogen) atoms. The molecule has 3 N–H and O–H groups in total. The zero-order valence-electron chi connectivity index (χ0n) is 11.8. The Bertz CT molecular complexity index is 685. The third-order valence-corrected chi connectivity index (χ3v) is 3.22. The highest BCUT2D eigenvalue weighted by atomic mass is 16.5. The number of nitrogen functional groups attached to an aromatic ring is 1. The molecule has 0 aliphatic heterocycles. The highest BCUT2D eigenvalue weighted by Crippen LogP contribution is 2.23. The molecule has 1 aromatic carbocycles. The first kappa shape index (κ1) is 14.2. The Morgan fingerprint density at radius 3 is 2.75 bits per heavy atom. The normalized spacial score (nSPS) is 12.8. The lowest BCUT2D eigenvalue weighted by atomic mass is 10.0. The number of hydrogen-bond acceptors (Lipinski definition) is 4. The van der Waals surface area contributed by atoms with Crippen LogP contribution in [0.25, 0.3) is 11.0 Å². The number of nitrogens with one attached hydrogen (secondary N) is 1. The maximum Gasteiger partial charge on any atom is 0.329 e. The lowest BCUT2D eigenvalue weighted by Gasteiger charge is -2.18. The number of rotatable bonds is 4.